The van der Waals surface area contributed by atoms with E-state index < -0.39 is 11.8 Å². The van der Waals surface area contributed by atoms with E-state index in [2.05, 4.69) is 21.2 Å². The van der Waals surface area contributed by atoms with Crippen molar-refractivity contribution < 1.29 is 19.1 Å². The molecule has 0 aliphatic carbocycles. The molecule has 3 N–H and O–H groups in total. The van der Waals surface area contributed by atoms with E-state index in [9.17, 15) is 14.4 Å². The fourth-order valence-corrected chi connectivity index (χ4v) is 2.86. The Labute approximate surface area is 199 Å². The summed E-state index contributed by atoms with van der Waals surface area (Å²) in [6, 6.07) is 20.3. The third-order valence-corrected chi connectivity index (χ3v) is 4.91. The quantitative estimate of drug-likeness (QED) is 0.266. The smallest absolute Gasteiger partial charge is 0.329 e. The predicted molar refractivity (Wildman–Crippen MR) is 128 cm³/mol. The number of carbonyl (C=O) groups excluding carboxylic acids is 3. The standard InChI is InChI=1S/C23H18Cl2N4O4/c24-18-7-4-8-19(21(18)25)28-22(31)23(32)29-26-13-15-9-11-17(12-10-15)33-14-20(30)27-16-5-2-1-3-6-16/h1-13H,14H2,(H,27,30)(H,28,31)(H,29,32)/b26-13-. The molecular weight excluding hydrogens is 467 g/mol. The minimum Gasteiger partial charge on any atom is -0.484 e. The number of anilines is 2. The van der Waals surface area contributed by atoms with E-state index in [0.717, 1.165) is 0 Å². The van der Waals surface area contributed by atoms with Crippen molar-refractivity contribution in [1.82, 2.24) is 5.43 Å². The van der Waals surface area contributed by atoms with Crippen LogP contribution in [-0.4, -0.2) is 30.5 Å². The highest BCUT2D eigenvalue weighted by atomic mass is 35.5. The molecule has 0 fully saturated rings. The van der Waals surface area contributed by atoms with Gasteiger partial charge in [-0.05, 0) is 54.1 Å². The van der Waals surface area contributed by atoms with Gasteiger partial charge >= 0.3 is 11.8 Å². The van der Waals surface area contributed by atoms with Crippen molar-refractivity contribution in [1.29, 1.82) is 0 Å². The molecule has 0 heterocycles. The molecule has 0 atom stereocenters. The Kier molecular flexibility index (Phi) is 8.40. The predicted octanol–water partition coefficient (Wildman–Crippen LogP) is 4.10. The molecule has 0 aliphatic rings. The Morgan fingerprint density at radius 2 is 1.58 bits per heavy atom. The van der Waals surface area contributed by atoms with Gasteiger partial charge in [-0.2, -0.15) is 5.10 Å². The first-order chi connectivity index (χ1) is 15.9. The van der Waals surface area contributed by atoms with Crippen molar-refractivity contribution in [3.05, 3.63) is 88.4 Å². The van der Waals surface area contributed by atoms with E-state index in [0.29, 0.717) is 17.0 Å². The summed E-state index contributed by atoms with van der Waals surface area (Å²) in [6.07, 6.45) is 1.35. The summed E-state index contributed by atoms with van der Waals surface area (Å²) >= 11 is 11.8. The van der Waals surface area contributed by atoms with E-state index in [1.165, 1.54) is 12.3 Å². The lowest BCUT2D eigenvalue weighted by molar-refractivity contribution is -0.136. The molecule has 0 saturated carbocycles. The molecule has 0 saturated heterocycles. The first kappa shape index (κ1) is 23.8. The molecule has 0 spiro atoms. The lowest BCUT2D eigenvalue weighted by Crippen LogP contribution is -2.32. The summed E-state index contributed by atoms with van der Waals surface area (Å²) in [7, 11) is 0. The van der Waals surface area contributed by atoms with E-state index in [4.69, 9.17) is 27.9 Å². The Balaban J connectivity index is 1.44. The number of nitrogens with one attached hydrogen (secondary N) is 3. The fourth-order valence-electron chi connectivity index (χ4n) is 2.51. The van der Waals surface area contributed by atoms with E-state index in [-0.39, 0.29) is 28.2 Å². The molecular formula is C23H18Cl2N4O4. The number of hydrogen-bond donors (Lipinski definition) is 3. The van der Waals surface area contributed by atoms with Crippen LogP contribution in [0.5, 0.6) is 5.75 Å². The van der Waals surface area contributed by atoms with E-state index in [1.807, 2.05) is 18.2 Å². The molecule has 0 aromatic heterocycles. The number of benzene rings is 3. The van der Waals surface area contributed by atoms with Crippen molar-refractivity contribution in [3.63, 3.8) is 0 Å². The summed E-state index contributed by atoms with van der Waals surface area (Å²) in [6.45, 7) is -0.149. The Hall–Kier alpha value is -3.88. The zero-order valence-electron chi connectivity index (χ0n) is 17.0. The highest BCUT2D eigenvalue weighted by molar-refractivity contribution is 6.45. The number of halogens is 2. The molecule has 3 aromatic rings. The zero-order valence-corrected chi connectivity index (χ0v) is 18.6. The van der Waals surface area contributed by atoms with Crippen LogP contribution in [0.2, 0.25) is 10.0 Å². The summed E-state index contributed by atoms with van der Waals surface area (Å²) in [5.41, 5.74) is 3.65. The number of nitrogens with zero attached hydrogens (tertiary/aromatic N) is 1. The van der Waals surface area contributed by atoms with Gasteiger partial charge in [0.05, 0.1) is 21.9 Å². The molecule has 0 bridgehead atoms. The Morgan fingerprint density at radius 3 is 2.30 bits per heavy atom. The number of para-hydroxylation sites is 1. The highest BCUT2D eigenvalue weighted by Crippen LogP contribution is 2.29. The number of carbonyl (C=O) groups is 3. The van der Waals surface area contributed by atoms with Crippen LogP contribution in [0.15, 0.2) is 77.9 Å². The van der Waals surface area contributed by atoms with Gasteiger partial charge in [0.15, 0.2) is 6.61 Å². The summed E-state index contributed by atoms with van der Waals surface area (Å²) in [5, 5.41) is 9.20. The molecule has 10 heteroatoms. The highest BCUT2D eigenvalue weighted by Gasteiger charge is 2.15. The van der Waals surface area contributed by atoms with E-state index >= 15 is 0 Å². The minimum atomic E-state index is -0.980. The average Bonchev–Trinajstić information content (AvgIpc) is 2.82. The lowest BCUT2D eigenvalue weighted by atomic mass is 10.2. The van der Waals surface area contributed by atoms with Crippen LogP contribution >= 0.6 is 23.2 Å². The van der Waals surface area contributed by atoms with Gasteiger partial charge in [0, 0.05) is 5.69 Å². The monoisotopic (exact) mass is 484 g/mol. The molecule has 8 nitrogen and oxygen atoms in total. The van der Waals surface area contributed by atoms with Gasteiger partial charge in [0.1, 0.15) is 5.75 Å². The SMILES string of the molecule is O=C(COc1ccc(/C=N\NC(=O)C(=O)Nc2cccc(Cl)c2Cl)cc1)Nc1ccccc1. The van der Waals surface area contributed by atoms with Crippen LogP contribution in [0, 0.1) is 0 Å². The normalized spacial score (nSPS) is 10.5. The van der Waals surface area contributed by atoms with Gasteiger partial charge in [-0.3, -0.25) is 14.4 Å². The van der Waals surface area contributed by atoms with Crippen molar-refractivity contribution >= 4 is 58.5 Å². The first-order valence-electron chi connectivity index (χ1n) is 9.58. The van der Waals surface area contributed by atoms with Gasteiger partial charge in [-0.25, -0.2) is 5.43 Å². The number of ether oxygens (including phenoxy) is 1. The minimum absolute atomic E-state index is 0.128. The molecule has 168 valence electrons. The van der Waals surface area contributed by atoms with Crippen molar-refractivity contribution in [2.24, 2.45) is 5.10 Å². The second-order valence-corrected chi connectivity index (χ2v) is 7.31. The maximum atomic E-state index is 12.0. The molecule has 3 aromatic carbocycles. The van der Waals surface area contributed by atoms with Gasteiger partial charge in [0.2, 0.25) is 0 Å². The number of hydrogen-bond acceptors (Lipinski definition) is 5. The van der Waals surface area contributed by atoms with Crippen LogP contribution in [0.25, 0.3) is 0 Å². The third-order valence-electron chi connectivity index (χ3n) is 4.09. The van der Waals surface area contributed by atoms with Crippen molar-refractivity contribution in [3.8, 4) is 5.75 Å². The molecule has 3 amide bonds. The average molecular weight is 485 g/mol. The third kappa shape index (κ3) is 7.34. The second-order valence-electron chi connectivity index (χ2n) is 6.53. The number of rotatable bonds is 7. The molecule has 0 unspecified atom stereocenters. The summed E-state index contributed by atoms with van der Waals surface area (Å²) in [5.74, 6) is -1.73. The van der Waals surface area contributed by atoms with E-state index in [1.54, 1.807) is 48.5 Å². The van der Waals surface area contributed by atoms with Gasteiger partial charge in [-0.1, -0.05) is 47.5 Å². The van der Waals surface area contributed by atoms with Crippen LogP contribution in [0.1, 0.15) is 5.56 Å². The topological polar surface area (TPSA) is 109 Å². The van der Waals surface area contributed by atoms with Crippen LogP contribution in [-0.2, 0) is 14.4 Å². The maximum Gasteiger partial charge on any atom is 0.329 e. The Morgan fingerprint density at radius 1 is 0.848 bits per heavy atom. The Bertz CT molecular complexity index is 1170. The van der Waals surface area contributed by atoms with Crippen molar-refractivity contribution in [2.45, 2.75) is 0 Å². The zero-order chi connectivity index (χ0) is 23.6. The van der Waals surface area contributed by atoms with Crippen LogP contribution in [0.4, 0.5) is 11.4 Å². The van der Waals surface area contributed by atoms with Gasteiger partial charge < -0.3 is 15.4 Å². The van der Waals surface area contributed by atoms with Crippen molar-refractivity contribution in [2.75, 3.05) is 17.2 Å². The molecule has 0 aliphatic heterocycles. The summed E-state index contributed by atoms with van der Waals surface area (Å²) < 4.78 is 5.44. The number of amides is 3. The molecule has 3 rings (SSSR count). The summed E-state index contributed by atoms with van der Waals surface area (Å²) in [4.78, 5) is 35.8. The largest absolute Gasteiger partial charge is 0.484 e. The van der Waals surface area contributed by atoms with Crippen LogP contribution in [0.3, 0.4) is 0 Å². The number of hydrazone groups is 1. The van der Waals surface area contributed by atoms with Gasteiger partial charge in [0.25, 0.3) is 5.91 Å². The van der Waals surface area contributed by atoms with Crippen LogP contribution < -0.4 is 20.8 Å². The lowest BCUT2D eigenvalue weighted by Gasteiger charge is -2.07. The fraction of sp³-hybridized carbons (Fsp3) is 0.0435. The molecule has 0 radical (unpaired) electrons. The van der Waals surface area contributed by atoms with Gasteiger partial charge in [-0.15, -0.1) is 0 Å². The second kappa shape index (κ2) is 11.7. The first-order valence-corrected chi connectivity index (χ1v) is 10.3. The molecule has 33 heavy (non-hydrogen) atoms. The maximum absolute atomic E-state index is 12.0.